The van der Waals surface area contributed by atoms with Gasteiger partial charge in [-0.2, -0.15) is 0 Å². The minimum absolute atomic E-state index is 1.10. The standard InChI is InChI=1S/C62H40N2S/c1-3-14-41(15-4-1)42-26-32-48(33-27-42)64-56-24-12-11-22-53(56)54-38-36-49(40-58(54)64)63(57-25-13-23-55-61-51-21-10-8-17-44(51)31-39-59(61)65-62(55)57)47-34-28-45(29-35-47)52-37-30-43-16-7-9-20-50(43)60(52)46-18-5-2-6-19-46/h1-40H. The average Bonchev–Trinajstić information content (AvgIpc) is 3.93. The Kier molecular flexibility index (Phi) is 8.75. The van der Waals surface area contributed by atoms with Gasteiger partial charge in [0.25, 0.3) is 0 Å². The first-order valence-corrected chi connectivity index (χ1v) is 23.1. The molecule has 2 heterocycles. The summed E-state index contributed by atoms with van der Waals surface area (Å²) in [4.78, 5) is 2.47. The van der Waals surface area contributed by atoms with Crippen LogP contribution >= 0.6 is 11.3 Å². The first kappa shape index (κ1) is 37.3. The molecule has 0 radical (unpaired) electrons. The van der Waals surface area contributed by atoms with E-state index in [1.807, 2.05) is 11.3 Å². The Morgan fingerprint density at radius 1 is 0.354 bits per heavy atom. The van der Waals surface area contributed by atoms with Crippen molar-refractivity contribution >= 4 is 91.9 Å². The molecular formula is C62H40N2S. The summed E-state index contributed by atoms with van der Waals surface area (Å²) in [6.45, 7) is 0. The lowest BCUT2D eigenvalue weighted by Gasteiger charge is -2.27. The van der Waals surface area contributed by atoms with E-state index in [0.717, 1.165) is 28.3 Å². The first-order valence-electron chi connectivity index (χ1n) is 22.2. The molecule has 0 aliphatic carbocycles. The Hall–Kier alpha value is -8.24. The summed E-state index contributed by atoms with van der Waals surface area (Å²) in [5.41, 5.74) is 14.1. The van der Waals surface area contributed by atoms with Crippen molar-refractivity contribution in [3.05, 3.63) is 243 Å². The highest BCUT2D eigenvalue weighted by Crippen LogP contribution is 2.48. The number of hydrogen-bond acceptors (Lipinski definition) is 2. The number of anilines is 3. The molecule has 0 atom stereocenters. The molecule has 0 N–H and O–H groups in total. The molecule has 0 aliphatic heterocycles. The summed E-state index contributed by atoms with van der Waals surface area (Å²) in [5, 5.41) is 10.1. The van der Waals surface area contributed by atoms with Gasteiger partial charge in [0.1, 0.15) is 0 Å². The zero-order chi connectivity index (χ0) is 42.8. The molecule has 0 fully saturated rings. The van der Waals surface area contributed by atoms with Crippen molar-refractivity contribution in [3.63, 3.8) is 0 Å². The second-order valence-electron chi connectivity index (χ2n) is 16.8. The van der Waals surface area contributed by atoms with E-state index in [-0.39, 0.29) is 0 Å². The SMILES string of the molecule is c1ccc(-c2ccc(-n3c4ccccc4c4ccc(N(c5ccc(-c6ccc7ccccc7c6-c6ccccc6)cc5)c5cccc6c5sc5ccc7ccccc7c56)cc43)cc2)cc1. The van der Waals surface area contributed by atoms with E-state index in [4.69, 9.17) is 0 Å². The maximum Gasteiger partial charge on any atom is 0.0640 e. The molecule has 0 saturated heterocycles. The molecule has 2 nitrogen and oxygen atoms in total. The van der Waals surface area contributed by atoms with Crippen molar-refractivity contribution in [3.8, 4) is 39.1 Å². The predicted molar refractivity (Wildman–Crippen MR) is 280 cm³/mol. The number of nitrogens with zero attached hydrogens (tertiary/aromatic N) is 2. The molecule has 3 heteroatoms. The van der Waals surface area contributed by atoms with E-state index >= 15 is 0 Å². The van der Waals surface area contributed by atoms with Gasteiger partial charge in [-0.05, 0) is 110 Å². The van der Waals surface area contributed by atoms with E-state index in [0.29, 0.717) is 0 Å². The normalized spacial score (nSPS) is 11.7. The highest BCUT2D eigenvalue weighted by atomic mass is 32.1. The highest BCUT2D eigenvalue weighted by molar-refractivity contribution is 7.26. The van der Waals surface area contributed by atoms with E-state index in [2.05, 4.69) is 252 Å². The Morgan fingerprint density at radius 3 is 1.72 bits per heavy atom. The third-order valence-corrected chi connectivity index (χ3v) is 14.4. The summed E-state index contributed by atoms with van der Waals surface area (Å²) in [6.07, 6.45) is 0. The molecule has 2 aromatic heterocycles. The van der Waals surface area contributed by atoms with Crippen molar-refractivity contribution in [2.45, 2.75) is 0 Å². The number of para-hydroxylation sites is 1. The lowest BCUT2D eigenvalue weighted by Crippen LogP contribution is -2.10. The fourth-order valence-electron chi connectivity index (χ4n) is 10.2. The van der Waals surface area contributed by atoms with Gasteiger partial charge in [-0.15, -0.1) is 11.3 Å². The third-order valence-electron chi connectivity index (χ3n) is 13.2. The van der Waals surface area contributed by atoms with E-state index < -0.39 is 0 Å². The quantitative estimate of drug-likeness (QED) is 0.155. The largest absolute Gasteiger partial charge is 0.309 e. The Bertz CT molecular complexity index is 3920. The van der Waals surface area contributed by atoms with Crippen LogP contribution in [-0.2, 0) is 0 Å². The van der Waals surface area contributed by atoms with Crippen LogP contribution in [0.3, 0.4) is 0 Å². The van der Waals surface area contributed by atoms with Crippen molar-refractivity contribution in [1.82, 2.24) is 4.57 Å². The maximum atomic E-state index is 2.47. The van der Waals surface area contributed by atoms with Gasteiger partial charge in [0.05, 0.1) is 21.4 Å². The van der Waals surface area contributed by atoms with Crippen molar-refractivity contribution < 1.29 is 0 Å². The fourth-order valence-corrected chi connectivity index (χ4v) is 11.4. The number of rotatable bonds is 7. The van der Waals surface area contributed by atoms with Gasteiger partial charge >= 0.3 is 0 Å². The molecule has 0 spiro atoms. The third kappa shape index (κ3) is 6.16. The van der Waals surface area contributed by atoms with E-state index in [9.17, 15) is 0 Å². The molecule has 0 amide bonds. The minimum Gasteiger partial charge on any atom is -0.309 e. The number of fused-ring (bicyclic) bond motifs is 9. The Balaban J connectivity index is 1.02. The summed E-state index contributed by atoms with van der Waals surface area (Å²) >= 11 is 1.88. The predicted octanol–water partition coefficient (Wildman–Crippen LogP) is 17.9. The molecule has 0 aliphatic rings. The molecule has 13 aromatic rings. The Labute approximate surface area is 381 Å². The Morgan fingerprint density at radius 2 is 0.938 bits per heavy atom. The minimum atomic E-state index is 1.10. The zero-order valence-electron chi connectivity index (χ0n) is 35.4. The van der Waals surface area contributed by atoms with Crippen LogP contribution < -0.4 is 4.90 Å². The van der Waals surface area contributed by atoms with E-state index in [1.54, 1.807) is 0 Å². The van der Waals surface area contributed by atoms with Crippen LogP contribution in [0.2, 0.25) is 0 Å². The lowest BCUT2D eigenvalue weighted by atomic mass is 9.90. The highest BCUT2D eigenvalue weighted by Gasteiger charge is 2.22. The second kappa shape index (κ2) is 15.2. The summed E-state index contributed by atoms with van der Waals surface area (Å²) < 4.78 is 4.99. The zero-order valence-corrected chi connectivity index (χ0v) is 36.2. The van der Waals surface area contributed by atoms with Crippen molar-refractivity contribution in [2.75, 3.05) is 4.90 Å². The second-order valence-corrected chi connectivity index (χ2v) is 17.9. The molecule has 0 unspecified atom stereocenters. The molecule has 304 valence electrons. The molecule has 65 heavy (non-hydrogen) atoms. The van der Waals surface area contributed by atoms with Crippen LogP contribution in [0.15, 0.2) is 243 Å². The van der Waals surface area contributed by atoms with Crippen LogP contribution in [0, 0.1) is 0 Å². The van der Waals surface area contributed by atoms with Crippen LogP contribution in [-0.4, -0.2) is 4.57 Å². The summed E-state index contributed by atoms with van der Waals surface area (Å²) in [5.74, 6) is 0. The van der Waals surface area contributed by atoms with Gasteiger partial charge in [-0.1, -0.05) is 188 Å². The van der Waals surface area contributed by atoms with Gasteiger partial charge in [-0.3, -0.25) is 0 Å². The topological polar surface area (TPSA) is 8.17 Å². The van der Waals surface area contributed by atoms with Crippen molar-refractivity contribution in [1.29, 1.82) is 0 Å². The molecular weight excluding hydrogens is 805 g/mol. The van der Waals surface area contributed by atoms with Crippen LogP contribution in [0.4, 0.5) is 17.1 Å². The van der Waals surface area contributed by atoms with Crippen LogP contribution in [0.5, 0.6) is 0 Å². The first-order chi connectivity index (χ1) is 32.2. The van der Waals surface area contributed by atoms with E-state index in [1.165, 1.54) is 91.4 Å². The molecule has 11 aromatic carbocycles. The number of hydrogen-bond donors (Lipinski definition) is 0. The van der Waals surface area contributed by atoms with Gasteiger partial charge < -0.3 is 9.47 Å². The number of aromatic nitrogens is 1. The van der Waals surface area contributed by atoms with Crippen molar-refractivity contribution in [2.24, 2.45) is 0 Å². The molecule has 13 rings (SSSR count). The fraction of sp³-hybridized carbons (Fsp3) is 0. The van der Waals surface area contributed by atoms with Gasteiger partial charge in [0.15, 0.2) is 0 Å². The smallest absolute Gasteiger partial charge is 0.0640 e. The lowest BCUT2D eigenvalue weighted by molar-refractivity contribution is 1.18. The summed E-state index contributed by atoms with van der Waals surface area (Å²) in [6, 6.07) is 88.9. The van der Waals surface area contributed by atoms with Crippen LogP contribution in [0.25, 0.3) is 103 Å². The summed E-state index contributed by atoms with van der Waals surface area (Å²) in [7, 11) is 0. The van der Waals surface area contributed by atoms with Gasteiger partial charge in [-0.25, -0.2) is 0 Å². The van der Waals surface area contributed by atoms with Crippen LogP contribution in [0.1, 0.15) is 0 Å². The van der Waals surface area contributed by atoms with Gasteiger partial charge in [0.2, 0.25) is 0 Å². The molecule has 0 bridgehead atoms. The van der Waals surface area contributed by atoms with Gasteiger partial charge in [0, 0.05) is 43.3 Å². The number of benzene rings is 11. The molecule has 0 saturated carbocycles. The maximum absolute atomic E-state index is 2.47. The number of thiophene rings is 1. The average molecular weight is 845 g/mol. The monoisotopic (exact) mass is 844 g/mol.